The lowest BCUT2D eigenvalue weighted by Gasteiger charge is -2.12. The molecule has 0 unspecified atom stereocenters. The van der Waals surface area contributed by atoms with E-state index >= 15 is 0 Å². The van der Waals surface area contributed by atoms with Crippen LogP contribution in [0.25, 0.3) is 6.08 Å². The maximum atomic E-state index is 12.2. The number of alkyl halides is 2. The van der Waals surface area contributed by atoms with Gasteiger partial charge in [-0.25, -0.2) is 4.79 Å². The van der Waals surface area contributed by atoms with E-state index in [1.807, 2.05) is 0 Å². The number of halogens is 2. The van der Waals surface area contributed by atoms with Crippen LogP contribution >= 0.6 is 0 Å². The number of rotatable bonds is 7. The Bertz CT molecular complexity index is 914. The molecule has 0 aliphatic carbocycles. The Morgan fingerprint density at radius 1 is 1.10 bits per heavy atom. The molecule has 2 aromatic rings. The molecule has 0 spiro atoms. The Morgan fingerprint density at radius 2 is 1.83 bits per heavy atom. The number of esters is 1. The minimum absolute atomic E-state index is 0.00790. The van der Waals surface area contributed by atoms with Gasteiger partial charge in [0, 0.05) is 17.8 Å². The highest BCUT2D eigenvalue weighted by Crippen LogP contribution is 2.34. The molecule has 9 heteroatoms. The van der Waals surface area contributed by atoms with Crippen molar-refractivity contribution >= 4 is 23.6 Å². The molecule has 152 valence electrons. The maximum Gasteiger partial charge on any atom is 0.387 e. The molecule has 7 nitrogen and oxygen atoms in total. The van der Waals surface area contributed by atoms with Gasteiger partial charge >= 0.3 is 12.6 Å². The van der Waals surface area contributed by atoms with Crippen molar-refractivity contribution < 1.29 is 37.3 Å². The maximum absolute atomic E-state index is 12.2. The zero-order chi connectivity index (χ0) is 20.8. The van der Waals surface area contributed by atoms with Gasteiger partial charge in [-0.05, 0) is 42.8 Å². The number of anilines is 1. The Balaban J connectivity index is 1.50. The molecule has 0 bridgehead atoms. The van der Waals surface area contributed by atoms with Crippen LogP contribution in [-0.4, -0.2) is 31.4 Å². The fraction of sp³-hybridized carbons (Fsp3) is 0.200. The molecule has 3 rings (SSSR count). The van der Waals surface area contributed by atoms with Gasteiger partial charge in [-0.3, -0.25) is 4.79 Å². The van der Waals surface area contributed by atoms with E-state index < -0.39 is 24.6 Å². The van der Waals surface area contributed by atoms with Crippen molar-refractivity contribution in [1.82, 2.24) is 0 Å². The summed E-state index contributed by atoms with van der Waals surface area (Å²) in [7, 11) is 0. The molecule has 0 saturated carbocycles. The van der Waals surface area contributed by atoms with Crippen LogP contribution in [0.2, 0.25) is 0 Å². The number of carbonyl (C=O) groups is 2. The van der Waals surface area contributed by atoms with E-state index in [9.17, 15) is 18.4 Å². The minimum Gasteiger partial charge on any atom is -0.454 e. The number of carbonyl (C=O) groups excluding carboxylic acids is 2. The molecule has 2 aromatic carbocycles. The van der Waals surface area contributed by atoms with E-state index in [-0.39, 0.29) is 12.5 Å². The summed E-state index contributed by atoms with van der Waals surface area (Å²) in [5, 5.41) is 2.62. The Hall–Kier alpha value is -3.62. The average Bonchev–Trinajstić information content (AvgIpc) is 3.14. The van der Waals surface area contributed by atoms with Gasteiger partial charge in [0.05, 0.1) is 0 Å². The van der Waals surface area contributed by atoms with Crippen LogP contribution in [0, 0.1) is 0 Å². The zero-order valence-electron chi connectivity index (χ0n) is 15.3. The van der Waals surface area contributed by atoms with Crippen molar-refractivity contribution in [1.29, 1.82) is 0 Å². The normalized spacial score (nSPS) is 13.4. The lowest BCUT2D eigenvalue weighted by Crippen LogP contribution is -2.29. The Labute approximate surface area is 164 Å². The second-order valence-electron chi connectivity index (χ2n) is 5.92. The molecular weight excluding hydrogens is 388 g/mol. The van der Waals surface area contributed by atoms with E-state index in [4.69, 9.17) is 14.2 Å². The number of benzene rings is 2. The number of fused-ring (bicyclic) bond motifs is 1. The Kier molecular flexibility index (Phi) is 6.28. The summed E-state index contributed by atoms with van der Waals surface area (Å²) >= 11 is 0. The highest BCUT2D eigenvalue weighted by molar-refractivity contribution is 5.96. The molecule has 29 heavy (non-hydrogen) atoms. The third kappa shape index (κ3) is 5.68. The van der Waals surface area contributed by atoms with Crippen molar-refractivity contribution in [2.75, 3.05) is 12.1 Å². The number of hydrogen-bond acceptors (Lipinski definition) is 6. The topological polar surface area (TPSA) is 83.1 Å². The van der Waals surface area contributed by atoms with Crippen LogP contribution < -0.4 is 19.5 Å². The fourth-order valence-electron chi connectivity index (χ4n) is 2.41. The molecule has 1 atom stereocenters. The molecule has 0 saturated heterocycles. The predicted molar refractivity (Wildman–Crippen MR) is 98.9 cm³/mol. The van der Waals surface area contributed by atoms with Crippen LogP contribution in [-0.2, 0) is 14.3 Å². The molecule has 0 aromatic heterocycles. The molecule has 1 heterocycles. The first kappa shape index (κ1) is 20.1. The molecule has 1 aliphatic rings. The summed E-state index contributed by atoms with van der Waals surface area (Å²) in [5.74, 6) is -0.138. The highest BCUT2D eigenvalue weighted by atomic mass is 19.3. The van der Waals surface area contributed by atoms with E-state index in [1.54, 1.807) is 18.2 Å². The van der Waals surface area contributed by atoms with Crippen molar-refractivity contribution in [3.8, 4) is 17.2 Å². The van der Waals surface area contributed by atoms with Gasteiger partial charge in [-0.15, -0.1) is 0 Å². The summed E-state index contributed by atoms with van der Waals surface area (Å²) in [6.45, 7) is -1.35. The van der Waals surface area contributed by atoms with Crippen LogP contribution in [0.4, 0.5) is 14.5 Å². The largest absolute Gasteiger partial charge is 0.454 e. The van der Waals surface area contributed by atoms with Gasteiger partial charge in [0.1, 0.15) is 5.75 Å². The Morgan fingerprint density at radius 3 is 2.55 bits per heavy atom. The minimum atomic E-state index is -2.91. The van der Waals surface area contributed by atoms with E-state index in [0.29, 0.717) is 22.7 Å². The fourth-order valence-corrected chi connectivity index (χ4v) is 2.41. The van der Waals surface area contributed by atoms with Gasteiger partial charge < -0.3 is 24.3 Å². The smallest absolute Gasteiger partial charge is 0.387 e. The molecule has 1 N–H and O–H groups in total. The highest BCUT2D eigenvalue weighted by Gasteiger charge is 2.19. The van der Waals surface area contributed by atoms with Gasteiger partial charge in [-0.2, -0.15) is 8.78 Å². The van der Waals surface area contributed by atoms with Crippen LogP contribution in [0.15, 0.2) is 48.5 Å². The molecule has 0 radical (unpaired) electrons. The summed E-state index contributed by atoms with van der Waals surface area (Å²) in [4.78, 5) is 24.1. The average molecular weight is 405 g/mol. The number of ether oxygens (including phenoxy) is 4. The van der Waals surface area contributed by atoms with Gasteiger partial charge in [0.25, 0.3) is 5.91 Å². The molecule has 0 fully saturated rings. The monoisotopic (exact) mass is 405 g/mol. The van der Waals surface area contributed by atoms with Crippen molar-refractivity contribution in [3.05, 3.63) is 54.1 Å². The standard InChI is InChI=1S/C20H17F2NO6/c1-12(19(25)23-14-5-8-16-17(10-14)27-11-26-16)28-18(24)9-4-13-2-6-15(7-3-13)29-20(21)22/h2-10,12,20H,11H2,1H3,(H,23,25)/b9-4+/t12-/m1/s1. The number of amides is 1. The van der Waals surface area contributed by atoms with Crippen molar-refractivity contribution in [3.63, 3.8) is 0 Å². The van der Waals surface area contributed by atoms with E-state index in [0.717, 1.165) is 6.08 Å². The zero-order valence-corrected chi connectivity index (χ0v) is 15.3. The van der Waals surface area contributed by atoms with Crippen LogP contribution in [0.5, 0.6) is 17.2 Å². The third-order valence-corrected chi connectivity index (χ3v) is 3.82. The van der Waals surface area contributed by atoms with Crippen LogP contribution in [0.1, 0.15) is 12.5 Å². The van der Waals surface area contributed by atoms with Gasteiger partial charge in [-0.1, -0.05) is 12.1 Å². The SMILES string of the molecule is C[C@@H](OC(=O)/C=C/c1ccc(OC(F)F)cc1)C(=O)Nc1ccc2c(c1)OCO2. The summed E-state index contributed by atoms with van der Waals surface area (Å²) in [6, 6.07) is 10.6. The molecule has 1 amide bonds. The van der Waals surface area contributed by atoms with E-state index in [2.05, 4.69) is 10.1 Å². The number of nitrogens with one attached hydrogen (secondary N) is 1. The summed E-state index contributed by atoms with van der Waals surface area (Å²) < 4.78 is 44.0. The summed E-state index contributed by atoms with van der Waals surface area (Å²) in [6.07, 6.45) is 1.52. The second kappa shape index (κ2) is 9.05. The van der Waals surface area contributed by atoms with E-state index in [1.165, 1.54) is 37.3 Å². The lowest BCUT2D eigenvalue weighted by molar-refractivity contribution is -0.148. The van der Waals surface area contributed by atoms with Gasteiger partial charge in [0.2, 0.25) is 6.79 Å². The first-order chi connectivity index (χ1) is 13.9. The lowest BCUT2D eigenvalue weighted by atomic mass is 10.2. The first-order valence-corrected chi connectivity index (χ1v) is 8.55. The third-order valence-electron chi connectivity index (χ3n) is 3.82. The van der Waals surface area contributed by atoms with Gasteiger partial charge in [0.15, 0.2) is 17.6 Å². The number of hydrogen-bond donors (Lipinski definition) is 1. The molecular formula is C20H17F2NO6. The quantitative estimate of drug-likeness (QED) is 0.560. The van der Waals surface area contributed by atoms with Crippen molar-refractivity contribution in [2.24, 2.45) is 0 Å². The van der Waals surface area contributed by atoms with Crippen molar-refractivity contribution in [2.45, 2.75) is 19.6 Å². The predicted octanol–water partition coefficient (Wildman–Crippen LogP) is 3.60. The summed E-state index contributed by atoms with van der Waals surface area (Å²) in [5.41, 5.74) is 1.05. The second-order valence-corrected chi connectivity index (χ2v) is 5.92. The first-order valence-electron chi connectivity index (χ1n) is 8.55. The van der Waals surface area contributed by atoms with Crippen LogP contribution in [0.3, 0.4) is 0 Å². The molecule has 1 aliphatic heterocycles.